The summed E-state index contributed by atoms with van der Waals surface area (Å²) in [7, 11) is 1.72. The Morgan fingerprint density at radius 1 is 1.09 bits per heavy atom. The van der Waals surface area contributed by atoms with Crippen LogP contribution >= 0.6 is 0 Å². The van der Waals surface area contributed by atoms with E-state index in [2.05, 4.69) is 63.0 Å². The van der Waals surface area contributed by atoms with Crippen LogP contribution in [0, 0.1) is 0 Å². The highest BCUT2D eigenvalue weighted by atomic mass is 16.5. The molecule has 2 aromatic carbocycles. The van der Waals surface area contributed by atoms with E-state index in [0.717, 1.165) is 64.2 Å². The van der Waals surface area contributed by atoms with Crippen molar-refractivity contribution in [3.63, 3.8) is 0 Å². The molecule has 2 heterocycles. The number of aromatic nitrogens is 1. The summed E-state index contributed by atoms with van der Waals surface area (Å²) < 4.78 is 5.44. The van der Waals surface area contributed by atoms with E-state index in [0.29, 0.717) is 6.54 Å². The van der Waals surface area contributed by atoms with Crippen LogP contribution in [0.5, 0.6) is 5.75 Å². The third-order valence-corrected chi connectivity index (χ3v) is 7.47. The number of fused-ring (bicyclic) bond motifs is 2. The number of aryl methyl sites for hydroxylation is 1. The highest BCUT2D eigenvalue weighted by Crippen LogP contribution is 2.28. The van der Waals surface area contributed by atoms with E-state index in [-0.39, 0.29) is 11.9 Å². The van der Waals surface area contributed by atoms with E-state index in [1.807, 2.05) is 12.3 Å². The number of methoxy groups -OCH3 is 1. The van der Waals surface area contributed by atoms with Crippen molar-refractivity contribution >= 4 is 22.5 Å². The number of hydrogen-bond acceptors (Lipinski definition) is 4. The minimum Gasteiger partial charge on any atom is -0.497 e. The Bertz CT molecular complexity index is 1130. The first kappa shape index (κ1) is 22.8. The van der Waals surface area contributed by atoms with Gasteiger partial charge in [0.1, 0.15) is 5.75 Å². The van der Waals surface area contributed by atoms with Gasteiger partial charge in [0.05, 0.1) is 13.7 Å². The lowest BCUT2D eigenvalue weighted by molar-refractivity contribution is -0.135. The van der Waals surface area contributed by atoms with Crippen LogP contribution in [0.4, 0.5) is 5.69 Å². The van der Waals surface area contributed by atoms with Gasteiger partial charge in [0.25, 0.3) is 0 Å². The SMILES string of the molecule is CCCN(C(=O)CN1CCN(c2ccc3[nH]ccc3c2)CC1)C1CCc2ccc(OC)cc2C1. The minimum atomic E-state index is 0.278. The van der Waals surface area contributed by atoms with E-state index in [1.165, 1.54) is 27.7 Å². The smallest absolute Gasteiger partial charge is 0.237 e. The Kier molecular flexibility index (Phi) is 6.77. The summed E-state index contributed by atoms with van der Waals surface area (Å²) in [6.45, 7) is 7.26. The van der Waals surface area contributed by atoms with Gasteiger partial charge in [-0.05, 0) is 73.2 Å². The number of anilines is 1. The predicted molar refractivity (Wildman–Crippen MR) is 138 cm³/mol. The fourth-order valence-corrected chi connectivity index (χ4v) is 5.54. The maximum absolute atomic E-state index is 13.4. The van der Waals surface area contributed by atoms with Gasteiger partial charge >= 0.3 is 0 Å². The Hall–Kier alpha value is -2.99. The predicted octanol–water partition coefficient (Wildman–Crippen LogP) is 4.09. The van der Waals surface area contributed by atoms with Crippen molar-refractivity contribution in [2.75, 3.05) is 51.3 Å². The van der Waals surface area contributed by atoms with Crippen molar-refractivity contribution in [2.45, 2.75) is 38.6 Å². The topological polar surface area (TPSA) is 51.8 Å². The first-order valence-corrected chi connectivity index (χ1v) is 12.6. The molecule has 1 aliphatic carbocycles. The molecule has 6 heteroatoms. The van der Waals surface area contributed by atoms with E-state index in [1.54, 1.807) is 7.11 Å². The number of piperazine rings is 1. The number of ether oxygens (including phenoxy) is 1. The van der Waals surface area contributed by atoms with Crippen molar-refractivity contribution in [3.05, 3.63) is 59.8 Å². The van der Waals surface area contributed by atoms with Gasteiger partial charge in [-0.3, -0.25) is 9.69 Å². The summed E-state index contributed by atoms with van der Waals surface area (Å²) in [6, 6.07) is 15.4. The van der Waals surface area contributed by atoms with E-state index >= 15 is 0 Å². The van der Waals surface area contributed by atoms with Crippen LogP contribution in [-0.2, 0) is 17.6 Å². The number of H-pyrrole nitrogens is 1. The highest BCUT2D eigenvalue weighted by molar-refractivity contribution is 5.83. The second-order valence-corrected chi connectivity index (χ2v) is 9.63. The van der Waals surface area contributed by atoms with Crippen LogP contribution < -0.4 is 9.64 Å². The molecule has 1 saturated heterocycles. The number of rotatable bonds is 7. The maximum Gasteiger partial charge on any atom is 0.237 e. The highest BCUT2D eigenvalue weighted by Gasteiger charge is 2.29. The molecule has 6 nitrogen and oxygen atoms in total. The standard InChI is InChI=1S/C28H36N4O2/c1-3-12-32(25-6-4-21-5-8-26(34-2)19-23(21)18-25)28(33)20-30-13-15-31(16-14-30)24-7-9-27-22(17-24)10-11-29-27/h5,7-11,17,19,25,29H,3-4,6,12-16,18,20H2,1-2H3. The Morgan fingerprint density at radius 3 is 2.74 bits per heavy atom. The number of benzene rings is 2. The number of carbonyl (C=O) groups excluding carboxylic acids is 1. The number of nitrogens with zero attached hydrogens (tertiary/aromatic N) is 3. The van der Waals surface area contributed by atoms with Gasteiger partial charge in [0, 0.05) is 61.6 Å². The van der Waals surface area contributed by atoms with Crippen LogP contribution in [0.3, 0.4) is 0 Å². The zero-order chi connectivity index (χ0) is 23.5. The zero-order valence-electron chi connectivity index (χ0n) is 20.4. The average Bonchev–Trinajstić information content (AvgIpc) is 3.35. The van der Waals surface area contributed by atoms with E-state index in [4.69, 9.17) is 4.74 Å². The second kappa shape index (κ2) is 10.1. The Morgan fingerprint density at radius 2 is 1.94 bits per heavy atom. The van der Waals surface area contributed by atoms with Gasteiger partial charge in [0.15, 0.2) is 0 Å². The molecular weight excluding hydrogens is 424 g/mol. The Labute approximate surface area is 202 Å². The van der Waals surface area contributed by atoms with Gasteiger partial charge < -0.3 is 19.5 Å². The van der Waals surface area contributed by atoms with Crippen LogP contribution in [0.1, 0.15) is 30.9 Å². The number of aromatic amines is 1. The lowest BCUT2D eigenvalue weighted by Crippen LogP contribution is -2.52. The van der Waals surface area contributed by atoms with Gasteiger partial charge in [0.2, 0.25) is 5.91 Å². The number of hydrogen-bond donors (Lipinski definition) is 1. The lowest BCUT2D eigenvalue weighted by atomic mass is 9.87. The number of carbonyl (C=O) groups is 1. The van der Waals surface area contributed by atoms with Gasteiger partial charge in [-0.25, -0.2) is 0 Å². The molecule has 1 unspecified atom stereocenters. The van der Waals surface area contributed by atoms with Crippen molar-refractivity contribution in [2.24, 2.45) is 0 Å². The Balaban J connectivity index is 1.19. The molecular formula is C28H36N4O2. The molecule has 0 spiro atoms. The summed E-state index contributed by atoms with van der Waals surface area (Å²) in [4.78, 5) is 23.6. The third-order valence-electron chi connectivity index (χ3n) is 7.47. The quantitative estimate of drug-likeness (QED) is 0.577. The van der Waals surface area contributed by atoms with Crippen molar-refractivity contribution < 1.29 is 9.53 Å². The second-order valence-electron chi connectivity index (χ2n) is 9.63. The molecule has 5 rings (SSSR count). The molecule has 1 aliphatic heterocycles. The number of amides is 1. The average molecular weight is 461 g/mol. The summed E-state index contributed by atoms with van der Waals surface area (Å²) in [5.74, 6) is 1.18. The molecule has 1 amide bonds. The van der Waals surface area contributed by atoms with Crippen LogP contribution in [0.15, 0.2) is 48.7 Å². The lowest BCUT2D eigenvalue weighted by Gasteiger charge is -2.39. The van der Waals surface area contributed by atoms with Crippen LogP contribution in [-0.4, -0.2) is 73.1 Å². The summed E-state index contributed by atoms with van der Waals surface area (Å²) in [6.07, 6.45) is 5.97. The molecule has 2 aliphatic rings. The summed E-state index contributed by atoms with van der Waals surface area (Å²) >= 11 is 0. The summed E-state index contributed by atoms with van der Waals surface area (Å²) in [5.41, 5.74) is 5.17. The van der Waals surface area contributed by atoms with E-state index in [9.17, 15) is 4.79 Å². The first-order valence-electron chi connectivity index (χ1n) is 12.6. The fraction of sp³-hybridized carbons (Fsp3) is 0.464. The minimum absolute atomic E-state index is 0.278. The molecule has 1 aromatic heterocycles. The molecule has 0 radical (unpaired) electrons. The molecule has 1 N–H and O–H groups in total. The fourth-order valence-electron chi connectivity index (χ4n) is 5.54. The molecule has 3 aromatic rings. The van der Waals surface area contributed by atoms with Crippen molar-refractivity contribution in [1.82, 2.24) is 14.8 Å². The summed E-state index contributed by atoms with van der Waals surface area (Å²) in [5, 5.41) is 1.25. The molecule has 34 heavy (non-hydrogen) atoms. The molecule has 0 bridgehead atoms. The van der Waals surface area contributed by atoms with Crippen LogP contribution in [0.2, 0.25) is 0 Å². The molecule has 1 atom stereocenters. The first-order chi connectivity index (χ1) is 16.6. The number of nitrogens with one attached hydrogen (secondary N) is 1. The van der Waals surface area contributed by atoms with Gasteiger partial charge in [-0.2, -0.15) is 0 Å². The third kappa shape index (κ3) is 4.78. The zero-order valence-corrected chi connectivity index (χ0v) is 20.4. The molecule has 1 fully saturated rings. The largest absolute Gasteiger partial charge is 0.497 e. The monoisotopic (exact) mass is 460 g/mol. The molecule has 180 valence electrons. The van der Waals surface area contributed by atoms with Crippen molar-refractivity contribution in [3.8, 4) is 5.75 Å². The van der Waals surface area contributed by atoms with Crippen molar-refractivity contribution in [1.29, 1.82) is 0 Å². The maximum atomic E-state index is 13.4. The van der Waals surface area contributed by atoms with E-state index < -0.39 is 0 Å². The molecule has 0 saturated carbocycles. The van der Waals surface area contributed by atoms with Gasteiger partial charge in [-0.1, -0.05) is 13.0 Å². The van der Waals surface area contributed by atoms with Crippen LogP contribution in [0.25, 0.3) is 10.9 Å². The normalized spacial score (nSPS) is 18.6. The van der Waals surface area contributed by atoms with Gasteiger partial charge in [-0.15, -0.1) is 0 Å².